The molecule has 1 rings (SSSR count). The fraction of sp³-hybridized carbons (Fsp3) is 0.500. The first-order valence-corrected chi connectivity index (χ1v) is 5.25. The zero-order valence-electron chi connectivity index (χ0n) is 9.48. The third-order valence-electron chi connectivity index (χ3n) is 2.27. The Morgan fingerprint density at radius 1 is 1.40 bits per heavy atom. The molecule has 0 aromatic heterocycles. The van der Waals surface area contributed by atoms with Crippen molar-refractivity contribution in [1.82, 2.24) is 4.90 Å². The first-order chi connectivity index (χ1) is 7.13. The van der Waals surface area contributed by atoms with Crippen LogP contribution in [0.25, 0.3) is 0 Å². The molecule has 3 nitrogen and oxygen atoms in total. The van der Waals surface area contributed by atoms with Gasteiger partial charge in [-0.05, 0) is 38.2 Å². The highest BCUT2D eigenvalue weighted by Crippen LogP contribution is 2.17. The van der Waals surface area contributed by atoms with E-state index in [0.29, 0.717) is 13.0 Å². The number of nitrogens with two attached hydrogens (primary N) is 1. The summed E-state index contributed by atoms with van der Waals surface area (Å²) < 4.78 is 0. The first-order valence-electron chi connectivity index (χ1n) is 5.25. The summed E-state index contributed by atoms with van der Waals surface area (Å²) in [6.07, 6.45) is 0.183. The van der Waals surface area contributed by atoms with Crippen LogP contribution in [0.2, 0.25) is 0 Å². The lowest BCUT2D eigenvalue weighted by atomic mass is 10.0. The Bertz CT molecular complexity index is 299. The predicted molar refractivity (Wildman–Crippen MR) is 62.5 cm³/mol. The van der Waals surface area contributed by atoms with E-state index in [1.165, 1.54) is 5.56 Å². The van der Waals surface area contributed by atoms with Gasteiger partial charge in [0, 0.05) is 6.54 Å². The van der Waals surface area contributed by atoms with E-state index in [2.05, 4.69) is 11.0 Å². The molecule has 15 heavy (non-hydrogen) atoms. The fourth-order valence-corrected chi connectivity index (χ4v) is 1.59. The standard InChI is InChI=1S/C12H20N2O/c1-14(2)9-10-4-3-5-11(8-10)12(15)6-7-13/h3-5,8,12,15H,6-7,9,13H2,1-2H3/t12-/m0/s1. The molecule has 0 spiro atoms. The Morgan fingerprint density at radius 3 is 2.73 bits per heavy atom. The molecule has 0 bridgehead atoms. The fourth-order valence-electron chi connectivity index (χ4n) is 1.59. The second-order valence-electron chi connectivity index (χ2n) is 4.08. The van der Waals surface area contributed by atoms with Crippen molar-refractivity contribution in [3.8, 4) is 0 Å². The minimum Gasteiger partial charge on any atom is -0.388 e. The second kappa shape index (κ2) is 5.85. The normalized spacial score (nSPS) is 13.1. The lowest BCUT2D eigenvalue weighted by molar-refractivity contribution is 0.170. The van der Waals surface area contributed by atoms with Gasteiger partial charge in [-0.3, -0.25) is 0 Å². The van der Waals surface area contributed by atoms with Crippen molar-refractivity contribution in [1.29, 1.82) is 0 Å². The predicted octanol–water partition coefficient (Wildman–Crippen LogP) is 1.13. The summed E-state index contributed by atoms with van der Waals surface area (Å²) in [7, 11) is 4.06. The van der Waals surface area contributed by atoms with Gasteiger partial charge < -0.3 is 15.7 Å². The van der Waals surface area contributed by atoms with Crippen LogP contribution in [0, 0.1) is 0 Å². The lowest BCUT2D eigenvalue weighted by Crippen LogP contribution is -2.11. The van der Waals surface area contributed by atoms with E-state index in [0.717, 1.165) is 12.1 Å². The molecule has 3 N–H and O–H groups in total. The Hall–Kier alpha value is -0.900. The van der Waals surface area contributed by atoms with Crippen LogP contribution in [0.4, 0.5) is 0 Å². The van der Waals surface area contributed by atoms with Gasteiger partial charge in [0.05, 0.1) is 6.10 Å². The van der Waals surface area contributed by atoms with Gasteiger partial charge in [0.1, 0.15) is 0 Å². The molecule has 0 saturated carbocycles. The monoisotopic (exact) mass is 208 g/mol. The van der Waals surface area contributed by atoms with Gasteiger partial charge in [0.25, 0.3) is 0 Å². The molecule has 0 aliphatic rings. The number of nitrogens with zero attached hydrogens (tertiary/aromatic N) is 1. The third kappa shape index (κ3) is 4.00. The molecular weight excluding hydrogens is 188 g/mol. The van der Waals surface area contributed by atoms with Crippen LogP contribution >= 0.6 is 0 Å². The van der Waals surface area contributed by atoms with Crippen molar-refractivity contribution in [2.24, 2.45) is 5.73 Å². The van der Waals surface area contributed by atoms with Crippen LogP contribution in [0.3, 0.4) is 0 Å². The third-order valence-corrected chi connectivity index (χ3v) is 2.27. The zero-order chi connectivity index (χ0) is 11.3. The van der Waals surface area contributed by atoms with Gasteiger partial charge in [-0.25, -0.2) is 0 Å². The average Bonchev–Trinajstić information content (AvgIpc) is 2.17. The Morgan fingerprint density at radius 2 is 2.13 bits per heavy atom. The van der Waals surface area contributed by atoms with Gasteiger partial charge in [-0.2, -0.15) is 0 Å². The highest BCUT2D eigenvalue weighted by atomic mass is 16.3. The molecule has 0 aliphatic heterocycles. The summed E-state index contributed by atoms with van der Waals surface area (Å²) in [4.78, 5) is 2.11. The SMILES string of the molecule is CN(C)Cc1cccc([C@@H](O)CCN)c1. The minimum absolute atomic E-state index is 0.433. The molecule has 84 valence electrons. The lowest BCUT2D eigenvalue weighted by Gasteiger charge is -2.13. The van der Waals surface area contributed by atoms with Crippen molar-refractivity contribution in [3.05, 3.63) is 35.4 Å². The van der Waals surface area contributed by atoms with Crippen LogP contribution in [0.1, 0.15) is 23.7 Å². The van der Waals surface area contributed by atoms with Crippen molar-refractivity contribution in [2.75, 3.05) is 20.6 Å². The van der Waals surface area contributed by atoms with Crippen molar-refractivity contribution >= 4 is 0 Å². The largest absolute Gasteiger partial charge is 0.388 e. The van der Waals surface area contributed by atoms with E-state index in [-0.39, 0.29) is 0 Å². The summed E-state index contributed by atoms with van der Waals surface area (Å²) in [5.41, 5.74) is 7.59. The topological polar surface area (TPSA) is 49.5 Å². The number of rotatable bonds is 5. The molecule has 3 heteroatoms. The van der Waals surface area contributed by atoms with Crippen molar-refractivity contribution < 1.29 is 5.11 Å². The minimum atomic E-state index is -0.433. The first kappa shape index (κ1) is 12.2. The summed E-state index contributed by atoms with van der Waals surface area (Å²) in [6.45, 7) is 1.41. The summed E-state index contributed by atoms with van der Waals surface area (Å²) >= 11 is 0. The molecule has 1 atom stereocenters. The maximum atomic E-state index is 9.79. The average molecular weight is 208 g/mol. The number of benzene rings is 1. The Balaban J connectivity index is 2.73. The van der Waals surface area contributed by atoms with Crippen molar-refractivity contribution in [2.45, 2.75) is 19.1 Å². The molecule has 0 radical (unpaired) electrons. The summed E-state index contributed by atoms with van der Waals surface area (Å²) in [5, 5.41) is 9.79. The van der Waals surface area contributed by atoms with Gasteiger partial charge >= 0.3 is 0 Å². The van der Waals surface area contributed by atoms with Gasteiger partial charge in [-0.1, -0.05) is 24.3 Å². The second-order valence-corrected chi connectivity index (χ2v) is 4.08. The molecule has 0 unspecified atom stereocenters. The number of aliphatic hydroxyl groups is 1. The van der Waals surface area contributed by atoms with Crippen LogP contribution in [0.15, 0.2) is 24.3 Å². The van der Waals surface area contributed by atoms with E-state index >= 15 is 0 Å². The molecule has 1 aromatic rings. The maximum absolute atomic E-state index is 9.79. The smallest absolute Gasteiger partial charge is 0.0802 e. The van der Waals surface area contributed by atoms with Gasteiger partial charge in [-0.15, -0.1) is 0 Å². The van der Waals surface area contributed by atoms with Crippen LogP contribution in [-0.2, 0) is 6.54 Å². The molecule has 0 heterocycles. The van der Waals surface area contributed by atoms with Gasteiger partial charge in [0.15, 0.2) is 0 Å². The molecule has 1 aromatic carbocycles. The number of hydrogen-bond acceptors (Lipinski definition) is 3. The highest BCUT2D eigenvalue weighted by Gasteiger charge is 2.06. The summed E-state index contributed by atoms with van der Waals surface area (Å²) in [6, 6.07) is 8.03. The number of aliphatic hydroxyl groups excluding tert-OH is 1. The number of hydrogen-bond donors (Lipinski definition) is 2. The molecule has 0 fully saturated rings. The maximum Gasteiger partial charge on any atom is 0.0802 e. The van der Waals surface area contributed by atoms with E-state index in [4.69, 9.17) is 5.73 Å². The molecule has 0 aliphatic carbocycles. The van der Waals surface area contributed by atoms with E-state index in [1.807, 2.05) is 32.3 Å². The Kier molecular flexibility index (Phi) is 4.75. The highest BCUT2D eigenvalue weighted by molar-refractivity contribution is 5.25. The van der Waals surface area contributed by atoms with E-state index in [1.54, 1.807) is 0 Å². The van der Waals surface area contributed by atoms with E-state index in [9.17, 15) is 5.11 Å². The molecule has 0 saturated heterocycles. The Labute approximate surface area is 91.5 Å². The summed E-state index contributed by atoms with van der Waals surface area (Å²) in [5.74, 6) is 0. The van der Waals surface area contributed by atoms with Crippen LogP contribution in [-0.4, -0.2) is 30.6 Å². The zero-order valence-corrected chi connectivity index (χ0v) is 9.48. The van der Waals surface area contributed by atoms with Gasteiger partial charge in [0.2, 0.25) is 0 Å². The molecule has 0 amide bonds. The van der Waals surface area contributed by atoms with Crippen molar-refractivity contribution in [3.63, 3.8) is 0 Å². The van der Waals surface area contributed by atoms with E-state index < -0.39 is 6.10 Å². The van der Waals surface area contributed by atoms with Crippen LogP contribution in [0.5, 0.6) is 0 Å². The molecular formula is C12H20N2O. The quantitative estimate of drug-likeness (QED) is 0.762. The van der Waals surface area contributed by atoms with Crippen LogP contribution < -0.4 is 5.73 Å².